The number of alkyl halides is 1. The number of nitrogens with zero attached hydrogens (tertiary/aromatic N) is 1. The van der Waals surface area contributed by atoms with Crippen LogP contribution >= 0.6 is 11.6 Å². The van der Waals surface area contributed by atoms with Crippen LogP contribution in [0, 0.1) is 5.92 Å². The van der Waals surface area contributed by atoms with E-state index in [1.54, 1.807) is 49.0 Å². The highest BCUT2D eigenvalue weighted by Crippen LogP contribution is 2.27. The first-order valence-electron chi connectivity index (χ1n) is 10.6. The average molecular weight is 499 g/mol. The molecule has 2 N–H and O–H groups in total. The van der Waals surface area contributed by atoms with Crippen molar-refractivity contribution < 1.29 is 27.9 Å². The molecule has 0 aromatic heterocycles. The lowest BCUT2D eigenvalue weighted by molar-refractivity contribution is -0.133. The molecule has 8 nitrogen and oxygen atoms in total. The highest BCUT2D eigenvalue weighted by Gasteiger charge is 2.36. The van der Waals surface area contributed by atoms with E-state index in [4.69, 9.17) is 21.1 Å². The summed E-state index contributed by atoms with van der Waals surface area (Å²) in [5.41, 5.74) is 2.29. The van der Waals surface area contributed by atoms with Crippen LogP contribution in [-0.2, 0) is 21.4 Å². The van der Waals surface area contributed by atoms with E-state index in [-0.39, 0.29) is 23.8 Å². The van der Waals surface area contributed by atoms with Crippen LogP contribution in [0.15, 0.2) is 53.4 Å². The fraction of sp³-hybridized carbons (Fsp3) is 0.435. The van der Waals surface area contributed by atoms with E-state index in [2.05, 4.69) is 0 Å². The van der Waals surface area contributed by atoms with Gasteiger partial charge in [-0.25, -0.2) is 13.9 Å². The van der Waals surface area contributed by atoms with E-state index < -0.39 is 22.0 Å². The molecule has 0 saturated heterocycles. The number of hydroxylamine groups is 1. The second kappa shape index (κ2) is 12.8. The summed E-state index contributed by atoms with van der Waals surface area (Å²) >= 11 is 5.65. The van der Waals surface area contributed by atoms with E-state index in [0.717, 1.165) is 4.31 Å². The number of hydrogen-bond donors (Lipinski definition) is 2. The molecule has 0 fully saturated rings. The molecule has 0 aliphatic carbocycles. The Balaban J connectivity index is 2.43. The van der Waals surface area contributed by atoms with Crippen LogP contribution < -0.4 is 15.0 Å². The molecule has 2 aromatic rings. The zero-order valence-electron chi connectivity index (χ0n) is 19.0. The lowest BCUT2D eigenvalue weighted by atomic mass is 10.0. The molecule has 2 rings (SSSR count). The number of halogens is 1. The maximum absolute atomic E-state index is 13.7. The predicted octanol–water partition coefficient (Wildman–Crippen LogP) is 3.81. The van der Waals surface area contributed by atoms with Crippen molar-refractivity contribution in [3.63, 3.8) is 0 Å². The van der Waals surface area contributed by atoms with Gasteiger partial charge in [0.15, 0.2) is 0 Å². The number of rotatable bonds is 13. The van der Waals surface area contributed by atoms with E-state index in [9.17, 15) is 18.4 Å². The summed E-state index contributed by atoms with van der Waals surface area (Å²) in [6.07, 6.45) is 0.895. The maximum Gasteiger partial charge on any atom is 0.261 e. The third-order valence-electron chi connectivity index (χ3n) is 4.93. The number of carbonyl (C=O) groups excluding carboxylic acids is 1. The highest BCUT2D eigenvalue weighted by atomic mass is 35.5. The van der Waals surface area contributed by atoms with Crippen molar-refractivity contribution in [2.75, 3.05) is 19.6 Å². The Kier molecular flexibility index (Phi) is 10.4. The normalized spacial score (nSPS) is 12.6. The summed E-state index contributed by atoms with van der Waals surface area (Å²) in [5.74, 6) is 0.828. The predicted molar refractivity (Wildman–Crippen MR) is 126 cm³/mol. The van der Waals surface area contributed by atoms with Crippen molar-refractivity contribution in [3.05, 3.63) is 54.1 Å². The Labute approximate surface area is 200 Å². The number of carbonyl (C=O) groups is 1. The second-order valence-electron chi connectivity index (χ2n) is 7.88. The molecule has 33 heavy (non-hydrogen) atoms. The zero-order chi connectivity index (χ0) is 24.4. The van der Waals surface area contributed by atoms with E-state index >= 15 is 0 Å². The number of hydrogen-bond acceptors (Lipinski definition) is 6. The average Bonchev–Trinajstić information content (AvgIpc) is 2.81. The van der Waals surface area contributed by atoms with Gasteiger partial charge in [0.25, 0.3) is 5.91 Å². The zero-order valence-corrected chi connectivity index (χ0v) is 20.6. The van der Waals surface area contributed by atoms with Crippen LogP contribution in [0.1, 0.15) is 32.3 Å². The Morgan fingerprint density at radius 3 is 2.21 bits per heavy atom. The largest absolute Gasteiger partial charge is 0.497 e. The van der Waals surface area contributed by atoms with Crippen LogP contribution in [-0.4, -0.2) is 49.5 Å². The topological polar surface area (TPSA) is 105 Å². The van der Waals surface area contributed by atoms with Crippen LogP contribution in [0.3, 0.4) is 0 Å². The molecule has 0 heterocycles. The quantitative estimate of drug-likeness (QED) is 0.188. The van der Waals surface area contributed by atoms with Gasteiger partial charge >= 0.3 is 0 Å². The van der Waals surface area contributed by atoms with Gasteiger partial charge in [0.2, 0.25) is 10.0 Å². The van der Waals surface area contributed by atoms with E-state index in [1.807, 2.05) is 13.8 Å². The van der Waals surface area contributed by atoms with Crippen molar-refractivity contribution in [2.45, 2.75) is 44.2 Å². The third-order valence-corrected chi connectivity index (χ3v) is 7.07. The molecule has 1 atom stereocenters. The molecule has 1 unspecified atom stereocenters. The Morgan fingerprint density at radius 2 is 1.70 bits per heavy atom. The van der Waals surface area contributed by atoms with Crippen molar-refractivity contribution in [2.24, 2.45) is 5.92 Å². The van der Waals surface area contributed by atoms with Gasteiger partial charge in [-0.2, -0.15) is 4.31 Å². The summed E-state index contributed by atoms with van der Waals surface area (Å²) in [5, 5.41) is 9.31. The van der Waals surface area contributed by atoms with Gasteiger partial charge in [-0.3, -0.25) is 10.0 Å². The number of nitrogens with one attached hydrogen (secondary N) is 1. The number of benzene rings is 2. The maximum atomic E-state index is 13.7. The van der Waals surface area contributed by atoms with Gasteiger partial charge < -0.3 is 9.47 Å². The Morgan fingerprint density at radius 1 is 1.09 bits per heavy atom. The summed E-state index contributed by atoms with van der Waals surface area (Å²) in [7, 11) is -2.56. The monoisotopic (exact) mass is 498 g/mol. The molecule has 0 spiro atoms. The molecule has 0 aliphatic heterocycles. The van der Waals surface area contributed by atoms with Crippen molar-refractivity contribution in [3.8, 4) is 11.5 Å². The lowest BCUT2D eigenvalue weighted by Gasteiger charge is -2.30. The van der Waals surface area contributed by atoms with Gasteiger partial charge in [0.05, 0.1) is 18.6 Å². The smallest absolute Gasteiger partial charge is 0.261 e. The van der Waals surface area contributed by atoms with Crippen LogP contribution in [0.5, 0.6) is 11.5 Å². The van der Waals surface area contributed by atoms with E-state index in [0.29, 0.717) is 36.0 Å². The minimum Gasteiger partial charge on any atom is -0.497 e. The molecule has 0 aliphatic rings. The molecular weight excluding hydrogens is 468 g/mol. The number of sulfonamides is 1. The van der Waals surface area contributed by atoms with Gasteiger partial charge in [0.1, 0.15) is 17.5 Å². The van der Waals surface area contributed by atoms with Gasteiger partial charge in [0, 0.05) is 12.4 Å². The molecule has 182 valence electrons. The minimum atomic E-state index is -4.10. The number of methoxy groups -OCH3 is 1. The van der Waals surface area contributed by atoms with Crippen LogP contribution in [0.2, 0.25) is 0 Å². The molecule has 0 bridgehead atoms. The summed E-state index contributed by atoms with van der Waals surface area (Å²) < 4.78 is 39.1. The van der Waals surface area contributed by atoms with Crippen molar-refractivity contribution in [1.29, 1.82) is 0 Å². The molecular formula is C23H31ClN2O6S. The summed E-state index contributed by atoms with van der Waals surface area (Å²) in [6, 6.07) is 11.8. The highest BCUT2D eigenvalue weighted by molar-refractivity contribution is 7.89. The fourth-order valence-corrected chi connectivity index (χ4v) is 4.93. The van der Waals surface area contributed by atoms with E-state index in [1.165, 1.54) is 12.1 Å². The Bertz CT molecular complexity index is 981. The number of ether oxygens (including phenoxy) is 2. The van der Waals surface area contributed by atoms with Gasteiger partial charge in [-0.15, -0.1) is 11.6 Å². The first-order chi connectivity index (χ1) is 15.7. The first-order valence-corrected chi connectivity index (χ1v) is 12.6. The Hall–Kier alpha value is -2.33. The SMILES string of the molecule is COc1ccc(CN(C(CC(C)C)C(=O)NO)S(=O)(=O)c2ccc(OCCCCl)cc2)cc1. The summed E-state index contributed by atoms with van der Waals surface area (Å²) in [6.45, 7) is 4.11. The summed E-state index contributed by atoms with van der Waals surface area (Å²) in [4.78, 5) is 12.6. The molecule has 1 amide bonds. The number of amides is 1. The second-order valence-corrected chi connectivity index (χ2v) is 10.2. The fourth-order valence-electron chi connectivity index (χ4n) is 3.24. The third kappa shape index (κ3) is 7.60. The van der Waals surface area contributed by atoms with Gasteiger partial charge in [-0.05, 0) is 60.7 Å². The van der Waals surface area contributed by atoms with Crippen molar-refractivity contribution in [1.82, 2.24) is 9.79 Å². The first kappa shape index (κ1) is 26.9. The van der Waals surface area contributed by atoms with Crippen molar-refractivity contribution >= 4 is 27.5 Å². The lowest BCUT2D eigenvalue weighted by Crippen LogP contribution is -2.49. The molecule has 0 radical (unpaired) electrons. The minimum absolute atomic E-state index is 0.00132. The van der Waals surface area contributed by atoms with Crippen LogP contribution in [0.25, 0.3) is 0 Å². The molecule has 10 heteroatoms. The van der Waals surface area contributed by atoms with Gasteiger partial charge in [-0.1, -0.05) is 26.0 Å². The molecule has 2 aromatic carbocycles. The van der Waals surface area contributed by atoms with Crippen LogP contribution in [0.4, 0.5) is 0 Å². The standard InChI is InChI=1S/C23H31ClN2O6S/c1-17(2)15-22(23(27)25-28)26(16-18-5-7-19(31-3)8-6-18)33(29,30)21-11-9-20(10-12-21)32-14-4-13-24/h5-12,17,22,28H,4,13-16H2,1-3H3,(H,25,27). The molecule has 0 saturated carbocycles.